The van der Waals surface area contributed by atoms with Gasteiger partial charge in [-0.3, -0.25) is 9.36 Å². The Balaban J connectivity index is 1.80. The molecule has 0 saturated carbocycles. The predicted octanol–water partition coefficient (Wildman–Crippen LogP) is 3.43. The van der Waals surface area contributed by atoms with Crippen molar-refractivity contribution in [3.63, 3.8) is 0 Å². The molecule has 3 rings (SSSR count). The summed E-state index contributed by atoms with van der Waals surface area (Å²) in [5.41, 5.74) is 1.26. The highest BCUT2D eigenvalue weighted by Gasteiger charge is 2.22. The molecule has 1 aromatic carbocycles. The summed E-state index contributed by atoms with van der Waals surface area (Å²) in [4.78, 5) is 30.7. The molecule has 8 nitrogen and oxygen atoms in total. The smallest absolute Gasteiger partial charge is 0.348 e. The molecule has 1 unspecified atom stereocenters. The average molecular weight is 473 g/mol. The molecule has 0 aliphatic heterocycles. The number of ether oxygens (including phenoxy) is 3. The number of aliphatic hydroxyl groups excluding tert-OH is 1. The number of nitrogens with zero attached hydrogens (tertiary/aromatic N) is 2. The molecule has 1 N–H and O–H groups in total. The summed E-state index contributed by atoms with van der Waals surface area (Å²) in [6.07, 6.45) is 1.53. The van der Waals surface area contributed by atoms with Crippen molar-refractivity contribution < 1.29 is 24.1 Å². The van der Waals surface area contributed by atoms with Gasteiger partial charge >= 0.3 is 5.97 Å². The van der Waals surface area contributed by atoms with Crippen LogP contribution in [0, 0.1) is 13.8 Å². The van der Waals surface area contributed by atoms with Crippen LogP contribution in [-0.4, -0.2) is 47.1 Å². The number of hydrogen-bond donors (Lipinski definition) is 1. The Hall–Kier alpha value is -3.17. The maximum Gasteiger partial charge on any atom is 0.348 e. The second-order valence-electron chi connectivity index (χ2n) is 7.47. The molecule has 2 aromatic heterocycles. The molecule has 0 radical (unpaired) electrons. The zero-order valence-corrected chi connectivity index (χ0v) is 20.0. The van der Waals surface area contributed by atoms with Crippen molar-refractivity contribution >= 4 is 27.5 Å². The van der Waals surface area contributed by atoms with Gasteiger partial charge < -0.3 is 19.3 Å². The van der Waals surface area contributed by atoms with E-state index in [1.165, 1.54) is 4.57 Å². The van der Waals surface area contributed by atoms with Crippen molar-refractivity contribution in [3.8, 4) is 11.5 Å². The van der Waals surface area contributed by atoms with E-state index in [0.717, 1.165) is 16.9 Å². The fraction of sp³-hybridized carbons (Fsp3) is 0.375. The lowest BCUT2D eigenvalue weighted by Gasteiger charge is -2.17. The van der Waals surface area contributed by atoms with Gasteiger partial charge in [0.1, 0.15) is 28.2 Å². The SMILES string of the molecule is C=CCc1ccc(OCC(O)Cn2c(C)nc3sc(C(=O)OCC)c(C)c3c2=O)c(OC)c1. The Morgan fingerprint density at radius 3 is 2.76 bits per heavy atom. The van der Waals surface area contributed by atoms with Crippen LogP contribution in [0.1, 0.15) is 33.5 Å². The van der Waals surface area contributed by atoms with Gasteiger partial charge in [0.2, 0.25) is 0 Å². The number of allylic oxidation sites excluding steroid dienone is 1. The highest BCUT2D eigenvalue weighted by molar-refractivity contribution is 7.20. The molecule has 0 aliphatic carbocycles. The highest BCUT2D eigenvalue weighted by Crippen LogP contribution is 2.29. The Bertz CT molecular complexity index is 1230. The number of carbonyl (C=O) groups is 1. The maximum atomic E-state index is 13.2. The van der Waals surface area contributed by atoms with E-state index in [9.17, 15) is 14.7 Å². The number of methoxy groups -OCH3 is 1. The molecule has 0 aliphatic rings. The standard InChI is InChI=1S/C24H28N2O6S/c1-6-8-16-9-10-18(19(11-16)30-5)32-13-17(27)12-26-15(4)25-22-20(23(26)28)14(3)21(33-22)24(29)31-7-2/h6,9-11,17,27H,1,7-8,12-13H2,2-5H3. The van der Waals surface area contributed by atoms with Gasteiger partial charge in [0.25, 0.3) is 5.56 Å². The summed E-state index contributed by atoms with van der Waals surface area (Å²) in [6, 6.07) is 5.54. The monoisotopic (exact) mass is 472 g/mol. The molecule has 0 fully saturated rings. The first kappa shape index (κ1) is 24.5. The lowest BCUT2D eigenvalue weighted by molar-refractivity contribution is 0.0531. The van der Waals surface area contributed by atoms with Gasteiger partial charge in [0.05, 0.1) is 25.6 Å². The Morgan fingerprint density at radius 2 is 2.09 bits per heavy atom. The molecule has 0 bridgehead atoms. The van der Waals surface area contributed by atoms with Crippen LogP contribution in [0.2, 0.25) is 0 Å². The molecule has 2 heterocycles. The minimum absolute atomic E-state index is 0.00546. The second-order valence-corrected chi connectivity index (χ2v) is 8.47. The van der Waals surface area contributed by atoms with Crippen molar-refractivity contribution in [1.29, 1.82) is 0 Å². The summed E-state index contributed by atoms with van der Waals surface area (Å²) in [5, 5.41) is 10.9. The summed E-state index contributed by atoms with van der Waals surface area (Å²) in [6.45, 7) is 9.05. The van der Waals surface area contributed by atoms with Crippen molar-refractivity contribution in [1.82, 2.24) is 9.55 Å². The number of rotatable bonds is 10. The molecule has 1 atom stereocenters. The van der Waals surface area contributed by atoms with Gasteiger partial charge in [0, 0.05) is 0 Å². The number of aryl methyl sites for hydroxylation is 2. The van der Waals surface area contributed by atoms with Gasteiger partial charge in [-0.25, -0.2) is 9.78 Å². The molecule has 3 aromatic rings. The molecular weight excluding hydrogens is 444 g/mol. The van der Waals surface area contributed by atoms with Crippen LogP contribution in [0.3, 0.4) is 0 Å². The lowest BCUT2D eigenvalue weighted by Crippen LogP contribution is -2.32. The number of aromatic nitrogens is 2. The molecule has 9 heteroatoms. The van der Waals surface area contributed by atoms with E-state index in [-0.39, 0.29) is 25.3 Å². The number of benzene rings is 1. The van der Waals surface area contributed by atoms with E-state index in [2.05, 4.69) is 11.6 Å². The Morgan fingerprint density at radius 1 is 1.33 bits per heavy atom. The Kier molecular flexibility index (Phi) is 7.88. The van der Waals surface area contributed by atoms with Crippen LogP contribution < -0.4 is 15.0 Å². The van der Waals surface area contributed by atoms with Gasteiger partial charge in [-0.05, 0) is 50.5 Å². The van der Waals surface area contributed by atoms with Crippen LogP contribution in [0.25, 0.3) is 10.2 Å². The second kappa shape index (κ2) is 10.6. The van der Waals surface area contributed by atoms with E-state index >= 15 is 0 Å². The third kappa shape index (κ3) is 5.26. The van der Waals surface area contributed by atoms with Crippen LogP contribution >= 0.6 is 11.3 Å². The van der Waals surface area contributed by atoms with E-state index in [4.69, 9.17) is 14.2 Å². The minimum Gasteiger partial charge on any atom is -0.493 e. The maximum absolute atomic E-state index is 13.2. The molecular formula is C24H28N2O6S. The van der Waals surface area contributed by atoms with E-state index < -0.39 is 12.1 Å². The zero-order valence-electron chi connectivity index (χ0n) is 19.2. The number of esters is 1. The number of aliphatic hydroxyl groups is 1. The third-order valence-electron chi connectivity index (χ3n) is 5.13. The number of fused-ring (bicyclic) bond motifs is 1. The Labute approximate surface area is 196 Å². The van der Waals surface area contributed by atoms with Crippen molar-refractivity contribution in [2.45, 2.75) is 39.8 Å². The number of carbonyl (C=O) groups excluding carboxylic acids is 1. The average Bonchev–Trinajstić information content (AvgIpc) is 3.12. The molecule has 0 spiro atoms. The van der Waals surface area contributed by atoms with Gasteiger partial charge in [0.15, 0.2) is 11.5 Å². The first-order chi connectivity index (χ1) is 15.8. The summed E-state index contributed by atoms with van der Waals surface area (Å²) >= 11 is 1.14. The summed E-state index contributed by atoms with van der Waals surface area (Å²) in [5.74, 6) is 1.02. The zero-order chi connectivity index (χ0) is 24.1. The van der Waals surface area contributed by atoms with Crippen LogP contribution in [0.5, 0.6) is 11.5 Å². The minimum atomic E-state index is -0.971. The molecule has 0 saturated heterocycles. The largest absolute Gasteiger partial charge is 0.493 e. The van der Waals surface area contributed by atoms with E-state index in [1.54, 1.807) is 40.0 Å². The van der Waals surface area contributed by atoms with Gasteiger partial charge in [-0.1, -0.05) is 12.1 Å². The third-order valence-corrected chi connectivity index (χ3v) is 6.30. The predicted molar refractivity (Wildman–Crippen MR) is 128 cm³/mol. The fourth-order valence-electron chi connectivity index (χ4n) is 3.50. The van der Waals surface area contributed by atoms with Gasteiger partial charge in [-0.15, -0.1) is 17.9 Å². The first-order valence-electron chi connectivity index (χ1n) is 10.6. The fourth-order valence-corrected chi connectivity index (χ4v) is 4.61. The molecule has 33 heavy (non-hydrogen) atoms. The van der Waals surface area contributed by atoms with Crippen LogP contribution in [0.15, 0.2) is 35.6 Å². The number of hydrogen-bond acceptors (Lipinski definition) is 8. The first-order valence-corrected chi connectivity index (χ1v) is 11.4. The van der Waals surface area contributed by atoms with Crippen LogP contribution in [-0.2, 0) is 17.7 Å². The summed E-state index contributed by atoms with van der Waals surface area (Å²) < 4.78 is 17.6. The number of thiophene rings is 1. The van der Waals surface area contributed by atoms with Gasteiger partial charge in [-0.2, -0.15) is 0 Å². The lowest BCUT2D eigenvalue weighted by atomic mass is 10.1. The highest BCUT2D eigenvalue weighted by atomic mass is 32.1. The van der Waals surface area contributed by atoms with Crippen molar-refractivity contribution in [3.05, 3.63) is 63.0 Å². The van der Waals surface area contributed by atoms with E-state index in [0.29, 0.717) is 44.4 Å². The quantitative estimate of drug-likeness (QED) is 0.356. The van der Waals surface area contributed by atoms with E-state index in [1.807, 2.05) is 12.1 Å². The topological polar surface area (TPSA) is 99.9 Å². The normalized spacial score (nSPS) is 11.9. The van der Waals surface area contributed by atoms with Crippen molar-refractivity contribution in [2.75, 3.05) is 20.3 Å². The van der Waals surface area contributed by atoms with Crippen LogP contribution in [0.4, 0.5) is 0 Å². The van der Waals surface area contributed by atoms with Crippen molar-refractivity contribution in [2.24, 2.45) is 0 Å². The summed E-state index contributed by atoms with van der Waals surface area (Å²) in [7, 11) is 1.55. The molecule has 176 valence electrons. The molecule has 0 amide bonds.